The van der Waals surface area contributed by atoms with Crippen LogP contribution in [0, 0.1) is 0 Å². The van der Waals surface area contributed by atoms with Crippen LogP contribution in [0.15, 0.2) is 15.6 Å². The Morgan fingerprint density at radius 2 is 2.04 bits per heavy atom. The molecule has 1 atom stereocenters. The highest BCUT2D eigenvalue weighted by Crippen LogP contribution is 2.14. The third-order valence-corrected chi connectivity index (χ3v) is 4.19. The zero-order valence-corrected chi connectivity index (χ0v) is 18.1. The SMILES string of the molecule is CCNC(=NCc1cc(C(C)C)no1)NC(C)CCS(C)(=O)=O.I. The highest BCUT2D eigenvalue weighted by Gasteiger charge is 2.10. The first kappa shape index (κ1) is 23.2. The molecule has 1 aromatic heterocycles. The molecule has 0 saturated heterocycles. The summed E-state index contributed by atoms with van der Waals surface area (Å²) in [4.78, 5) is 4.45. The number of hydrogen-bond acceptors (Lipinski definition) is 5. The maximum absolute atomic E-state index is 11.2. The molecule has 0 aromatic carbocycles. The number of nitrogens with zero attached hydrogens (tertiary/aromatic N) is 2. The van der Waals surface area contributed by atoms with Gasteiger partial charge >= 0.3 is 0 Å². The van der Waals surface area contributed by atoms with Crippen LogP contribution in [0.2, 0.25) is 0 Å². The summed E-state index contributed by atoms with van der Waals surface area (Å²) in [6.45, 7) is 9.12. The molecule has 9 heteroatoms. The predicted octanol–water partition coefficient (Wildman–Crippen LogP) is 2.29. The molecule has 2 N–H and O–H groups in total. The minimum Gasteiger partial charge on any atom is -0.359 e. The van der Waals surface area contributed by atoms with Crippen molar-refractivity contribution in [3.05, 3.63) is 17.5 Å². The lowest BCUT2D eigenvalue weighted by Crippen LogP contribution is -2.42. The van der Waals surface area contributed by atoms with E-state index in [9.17, 15) is 8.42 Å². The molecule has 0 aliphatic heterocycles. The third-order valence-electron chi connectivity index (χ3n) is 3.21. The van der Waals surface area contributed by atoms with Crippen molar-refractivity contribution in [3.63, 3.8) is 0 Å². The minimum atomic E-state index is -2.95. The van der Waals surface area contributed by atoms with E-state index in [2.05, 4.69) is 34.6 Å². The topological polar surface area (TPSA) is 96.6 Å². The Morgan fingerprint density at radius 1 is 1.38 bits per heavy atom. The van der Waals surface area contributed by atoms with Gasteiger partial charge < -0.3 is 15.2 Å². The second-order valence-corrected chi connectivity index (χ2v) is 8.29. The lowest BCUT2D eigenvalue weighted by Gasteiger charge is -2.17. The molecule has 0 spiro atoms. The number of rotatable bonds is 8. The van der Waals surface area contributed by atoms with Gasteiger partial charge in [0, 0.05) is 24.9 Å². The molecule has 1 rings (SSSR count). The number of aromatic nitrogens is 1. The summed E-state index contributed by atoms with van der Waals surface area (Å²) in [6.07, 6.45) is 1.78. The Balaban J connectivity index is 0.00000529. The molecule has 1 aromatic rings. The molecule has 0 fully saturated rings. The number of nitrogens with one attached hydrogen (secondary N) is 2. The average Bonchev–Trinajstić information content (AvgIpc) is 2.91. The van der Waals surface area contributed by atoms with E-state index in [4.69, 9.17) is 4.52 Å². The molecule has 7 nitrogen and oxygen atoms in total. The molecule has 0 bridgehead atoms. The lowest BCUT2D eigenvalue weighted by atomic mass is 10.1. The van der Waals surface area contributed by atoms with Crippen LogP contribution in [0.25, 0.3) is 0 Å². The molecular weight excluding hydrogens is 443 g/mol. The fourth-order valence-corrected chi connectivity index (χ4v) is 2.63. The fourth-order valence-electron chi connectivity index (χ4n) is 1.85. The molecule has 140 valence electrons. The van der Waals surface area contributed by atoms with Crippen LogP contribution in [0.1, 0.15) is 51.5 Å². The molecule has 0 aliphatic rings. The van der Waals surface area contributed by atoms with E-state index in [1.165, 1.54) is 6.26 Å². The van der Waals surface area contributed by atoms with Gasteiger partial charge in [-0.1, -0.05) is 19.0 Å². The summed E-state index contributed by atoms with van der Waals surface area (Å²) in [6, 6.07) is 1.91. The Bertz CT molecular complexity index is 614. The van der Waals surface area contributed by atoms with Crippen molar-refractivity contribution in [3.8, 4) is 0 Å². The molecule has 1 heterocycles. The number of hydrogen-bond donors (Lipinski definition) is 2. The molecule has 0 amide bonds. The normalized spacial score (nSPS) is 13.5. The molecule has 0 radical (unpaired) electrons. The number of aliphatic imine (C=N–C) groups is 1. The van der Waals surface area contributed by atoms with Gasteiger partial charge in [0.2, 0.25) is 0 Å². The van der Waals surface area contributed by atoms with Crippen LogP contribution in [0.4, 0.5) is 0 Å². The van der Waals surface area contributed by atoms with Gasteiger partial charge in [0.1, 0.15) is 16.4 Å². The van der Waals surface area contributed by atoms with Crippen molar-refractivity contribution in [2.45, 2.75) is 52.6 Å². The monoisotopic (exact) mass is 472 g/mol. The average molecular weight is 472 g/mol. The van der Waals surface area contributed by atoms with Crippen molar-refractivity contribution >= 4 is 39.8 Å². The van der Waals surface area contributed by atoms with E-state index < -0.39 is 9.84 Å². The summed E-state index contributed by atoms with van der Waals surface area (Å²) < 4.78 is 27.7. The van der Waals surface area contributed by atoms with Gasteiger partial charge in [0.25, 0.3) is 0 Å². The van der Waals surface area contributed by atoms with Crippen LogP contribution >= 0.6 is 24.0 Å². The van der Waals surface area contributed by atoms with Crippen LogP contribution in [0.3, 0.4) is 0 Å². The van der Waals surface area contributed by atoms with Crippen molar-refractivity contribution in [2.24, 2.45) is 4.99 Å². The van der Waals surface area contributed by atoms with Crippen LogP contribution in [0.5, 0.6) is 0 Å². The third kappa shape index (κ3) is 9.45. The van der Waals surface area contributed by atoms with Crippen molar-refractivity contribution < 1.29 is 12.9 Å². The van der Waals surface area contributed by atoms with Crippen LogP contribution in [-0.2, 0) is 16.4 Å². The molecule has 0 saturated carbocycles. The number of halogens is 1. The smallest absolute Gasteiger partial charge is 0.191 e. The number of guanidine groups is 1. The van der Waals surface area contributed by atoms with E-state index in [-0.39, 0.29) is 35.8 Å². The summed E-state index contributed by atoms with van der Waals surface area (Å²) in [5.41, 5.74) is 0.912. The predicted molar refractivity (Wildman–Crippen MR) is 108 cm³/mol. The van der Waals surface area contributed by atoms with E-state index in [1.807, 2.05) is 19.9 Å². The van der Waals surface area contributed by atoms with Gasteiger partial charge in [-0.15, -0.1) is 24.0 Å². The minimum absolute atomic E-state index is 0. The fraction of sp³-hybridized carbons (Fsp3) is 0.733. The first-order valence-electron chi connectivity index (χ1n) is 7.89. The van der Waals surface area contributed by atoms with Crippen molar-refractivity contribution in [1.82, 2.24) is 15.8 Å². The molecular formula is C15H29IN4O3S. The second-order valence-electron chi connectivity index (χ2n) is 6.03. The van der Waals surface area contributed by atoms with Gasteiger partial charge in [0.15, 0.2) is 11.7 Å². The maximum Gasteiger partial charge on any atom is 0.191 e. The summed E-state index contributed by atoms with van der Waals surface area (Å²) >= 11 is 0. The number of sulfone groups is 1. The standard InChI is InChI=1S/C15H28N4O3S.HI/c1-6-16-15(18-12(4)7-8-23(5,20)21)17-10-13-9-14(11(2)3)19-22-13;/h9,11-12H,6-8,10H2,1-5H3,(H2,16,17,18);1H. The Hall–Kier alpha value is -0.840. The van der Waals surface area contributed by atoms with Crippen LogP contribution < -0.4 is 10.6 Å². The second kappa shape index (κ2) is 10.9. The van der Waals surface area contributed by atoms with E-state index in [0.29, 0.717) is 30.6 Å². The highest BCUT2D eigenvalue weighted by atomic mass is 127. The summed E-state index contributed by atoms with van der Waals surface area (Å²) in [7, 11) is -2.95. The highest BCUT2D eigenvalue weighted by molar-refractivity contribution is 14.0. The lowest BCUT2D eigenvalue weighted by molar-refractivity contribution is 0.376. The van der Waals surface area contributed by atoms with Gasteiger partial charge in [-0.05, 0) is 26.2 Å². The quantitative estimate of drug-likeness (QED) is 0.343. The van der Waals surface area contributed by atoms with E-state index in [0.717, 1.165) is 12.2 Å². The van der Waals surface area contributed by atoms with Gasteiger partial charge in [0.05, 0.1) is 11.4 Å². The molecule has 1 unspecified atom stereocenters. The zero-order valence-electron chi connectivity index (χ0n) is 15.0. The molecule has 24 heavy (non-hydrogen) atoms. The van der Waals surface area contributed by atoms with Crippen molar-refractivity contribution in [1.29, 1.82) is 0 Å². The van der Waals surface area contributed by atoms with Gasteiger partial charge in [-0.2, -0.15) is 0 Å². The zero-order chi connectivity index (χ0) is 17.5. The largest absolute Gasteiger partial charge is 0.359 e. The van der Waals surface area contributed by atoms with Gasteiger partial charge in [-0.3, -0.25) is 0 Å². The summed E-state index contributed by atoms with van der Waals surface area (Å²) in [5.74, 6) is 1.81. The Labute approximate surface area is 162 Å². The van der Waals surface area contributed by atoms with E-state index in [1.54, 1.807) is 0 Å². The molecule has 0 aliphatic carbocycles. The summed E-state index contributed by atoms with van der Waals surface area (Å²) in [5, 5.41) is 10.3. The Morgan fingerprint density at radius 3 is 2.54 bits per heavy atom. The first-order chi connectivity index (χ1) is 10.7. The van der Waals surface area contributed by atoms with Crippen molar-refractivity contribution in [2.75, 3.05) is 18.6 Å². The van der Waals surface area contributed by atoms with E-state index >= 15 is 0 Å². The Kier molecular flexibility index (Phi) is 10.5. The first-order valence-corrected chi connectivity index (χ1v) is 9.95. The van der Waals surface area contributed by atoms with Crippen LogP contribution in [-0.4, -0.2) is 44.1 Å². The maximum atomic E-state index is 11.2. The van der Waals surface area contributed by atoms with Gasteiger partial charge in [-0.25, -0.2) is 13.4 Å².